The topological polar surface area (TPSA) is 15.8 Å². The highest BCUT2D eigenvalue weighted by Gasteiger charge is 2.14. The van der Waals surface area contributed by atoms with Crippen LogP contribution in [0.4, 0.5) is 0 Å². The summed E-state index contributed by atoms with van der Waals surface area (Å²) in [4.78, 5) is 3.77. The summed E-state index contributed by atoms with van der Waals surface area (Å²) in [5.74, 6) is 0. The van der Waals surface area contributed by atoms with Crippen LogP contribution >= 0.6 is 0 Å². The van der Waals surface area contributed by atoms with E-state index in [1.54, 1.807) is 0 Å². The van der Waals surface area contributed by atoms with Gasteiger partial charge in [-0.1, -0.05) is 97.1 Å². The molecule has 7 aromatic rings. The lowest BCUT2D eigenvalue weighted by molar-refractivity contribution is 1.56. The zero-order valence-electron chi connectivity index (χ0n) is 18.0. The first-order valence-electron chi connectivity index (χ1n) is 11.4. The molecule has 6 aromatic carbocycles. The van der Waals surface area contributed by atoms with Crippen LogP contribution in [0.15, 0.2) is 121 Å². The number of fused-ring (bicyclic) bond motifs is 6. The van der Waals surface area contributed by atoms with Gasteiger partial charge < -0.3 is 4.98 Å². The van der Waals surface area contributed by atoms with Crippen LogP contribution in [-0.2, 0) is 0 Å². The Balaban J connectivity index is 1.62. The molecule has 0 saturated carbocycles. The Kier molecular flexibility index (Phi) is 3.91. The van der Waals surface area contributed by atoms with Crippen molar-refractivity contribution in [1.82, 2.24) is 4.98 Å². The second-order valence-corrected chi connectivity index (χ2v) is 8.71. The molecule has 0 aliphatic heterocycles. The van der Waals surface area contributed by atoms with Gasteiger partial charge in [-0.25, -0.2) is 0 Å². The lowest BCUT2D eigenvalue weighted by Gasteiger charge is -2.12. The van der Waals surface area contributed by atoms with Gasteiger partial charge in [0.15, 0.2) is 0 Å². The van der Waals surface area contributed by atoms with Crippen molar-refractivity contribution < 1.29 is 0 Å². The Labute approximate surface area is 191 Å². The van der Waals surface area contributed by atoms with Crippen LogP contribution < -0.4 is 0 Å². The molecule has 0 amide bonds. The maximum Gasteiger partial charge on any atom is 0.0544 e. The van der Waals surface area contributed by atoms with Crippen LogP contribution in [0.25, 0.3) is 65.6 Å². The normalized spacial score (nSPS) is 11.6. The van der Waals surface area contributed by atoms with Crippen molar-refractivity contribution in [2.45, 2.75) is 0 Å². The van der Waals surface area contributed by atoms with Crippen molar-refractivity contribution in [1.29, 1.82) is 0 Å². The average molecular weight is 420 g/mol. The van der Waals surface area contributed by atoms with E-state index >= 15 is 0 Å². The molecule has 0 aliphatic carbocycles. The van der Waals surface area contributed by atoms with Gasteiger partial charge in [-0.05, 0) is 62.7 Å². The van der Waals surface area contributed by atoms with E-state index < -0.39 is 0 Å². The second kappa shape index (κ2) is 7.08. The highest BCUT2D eigenvalue weighted by Crippen LogP contribution is 2.39. The van der Waals surface area contributed by atoms with Crippen molar-refractivity contribution in [3.8, 4) is 22.3 Å². The molecule has 1 heteroatoms. The molecule has 0 aliphatic rings. The van der Waals surface area contributed by atoms with E-state index in [2.05, 4.69) is 126 Å². The molecule has 1 N–H and O–H groups in total. The van der Waals surface area contributed by atoms with E-state index in [-0.39, 0.29) is 0 Å². The summed E-state index contributed by atoms with van der Waals surface area (Å²) in [6, 6.07) is 43.8. The number of nitrogens with one attached hydrogen (secondary N) is 1. The minimum atomic E-state index is 1.18. The maximum absolute atomic E-state index is 3.77. The molecule has 0 radical (unpaired) electrons. The SMILES string of the molecule is c1ccc(-c2cc(-c3ccccc3)c3ccc4c5cc6ccccc6cc5[nH]c4c3c2)cc1. The number of aromatic nitrogens is 1. The Morgan fingerprint density at radius 1 is 0.394 bits per heavy atom. The monoisotopic (exact) mass is 419 g/mol. The zero-order chi connectivity index (χ0) is 21.8. The van der Waals surface area contributed by atoms with Crippen LogP contribution in [0.3, 0.4) is 0 Å². The third-order valence-corrected chi connectivity index (χ3v) is 6.76. The molecule has 33 heavy (non-hydrogen) atoms. The lowest BCUT2D eigenvalue weighted by atomic mass is 9.92. The fourth-order valence-electron chi connectivity index (χ4n) is 5.15. The van der Waals surface area contributed by atoms with Gasteiger partial charge in [0.05, 0.1) is 5.52 Å². The number of H-pyrrole nitrogens is 1. The number of benzene rings is 6. The Morgan fingerprint density at radius 3 is 1.79 bits per heavy atom. The minimum Gasteiger partial charge on any atom is -0.354 e. The fourth-order valence-corrected chi connectivity index (χ4v) is 5.15. The average Bonchev–Trinajstić information content (AvgIpc) is 3.25. The van der Waals surface area contributed by atoms with Gasteiger partial charge in [0.25, 0.3) is 0 Å². The number of hydrogen-bond donors (Lipinski definition) is 1. The Hall–Kier alpha value is -4.36. The number of aromatic amines is 1. The predicted octanol–water partition coefficient (Wildman–Crippen LogP) is 8.96. The van der Waals surface area contributed by atoms with Crippen molar-refractivity contribution in [3.05, 3.63) is 121 Å². The van der Waals surface area contributed by atoms with Crippen molar-refractivity contribution >= 4 is 43.4 Å². The standard InChI is InChI=1S/C32H21N/c1-3-9-21(10-4-1)25-18-28(22-11-5-2-6-12-22)26-15-16-27-29-17-23-13-7-8-14-24(23)20-31(29)33-32(27)30(26)19-25/h1-20,33H. The lowest BCUT2D eigenvalue weighted by Crippen LogP contribution is -1.86. The van der Waals surface area contributed by atoms with Gasteiger partial charge >= 0.3 is 0 Å². The molecule has 1 nitrogen and oxygen atoms in total. The summed E-state index contributed by atoms with van der Waals surface area (Å²) in [5, 5.41) is 7.60. The van der Waals surface area contributed by atoms with Crippen molar-refractivity contribution in [3.63, 3.8) is 0 Å². The zero-order valence-corrected chi connectivity index (χ0v) is 18.0. The van der Waals surface area contributed by atoms with E-state index in [0.717, 1.165) is 0 Å². The van der Waals surface area contributed by atoms with Gasteiger partial charge in [-0.3, -0.25) is 0 Å². The number of rotatable bonds is 2. The first-order chi connectivity index (χ1) is 16.3. The minimum absolute atomic E-state index is 1.18. The smallest absolute Gasteiger partial charge is 0.0544 e. The summed E-state index contributed by atoms with van der Waals surface area (Å²) in [5.41, 5.74) is 7.35. The predicted molar refractivity (Wildman–Crippen MR) is 142 cm³/mol. The van der Waals surface area contributed by atoms with Crippen molar-refractivity contribution in [2.75, 3.05) is 0 Å². The van der Waals surface area contributed by atoms with E-state index in [1.165, 1.54) is 65.6 Å². The summed E-state index contributed by atoms with van der Waals surface area (Å²) < 4.78 is 0. The first-order valence-corrected chi connectivity index (χ1v) is 11.4. The van der Waals surface area contributed by atoms with Gasteiger partial charge in [0, 0.05) is 21.7 Å². The van der Waals surface area contributed by atoms with Crippen LogP contribution in [0.1, 0.15) is 0 Å². The van der Waals surface area contributed by atoms with Crippen LogP contribution in [-0.4, -0.2) is 4.98 Å². The Morgan fingerprint density at radius 2 is 1.03 bits per heavy atom. The molecule has 0 fully saturated rings. The van der Waals surface area contributed by atoms with E-state index in [0.29, 0.717) is 0 Å². The van der Waals surface area contributed by atoms with Crippen molar-refractivity contribution in [2.24, 2.45) is 0 Å². The van der Waals surface area contributed by atoms with E-state index in [1.807, 2.05) is 0 Å². The highest BCUT2D eigenvalue weighted by atomic mass is 14.7. The summed E-state index contributed by atoms with van der Waals surface area (Å²) >= 11 is 0. The molecule has 0 unspecified atom stereocenters. The molecular weight excluding hydrogens is 398 g/mol. The Bertz CT molecular complexity index is 1790. The van der Waals surface area contributed by atoms with Crippen LogP contribution in [0.5, 0.6) is 0 Å². The first kappa shape index (κ1) is 18.2. The molecule has 154 valence electrons. The van der Waals surface area contributed by atoms with Gasteiger partial charge in [-0.15, -0.1) is 0 Å². The maximum atomic E-state index is 3.77. The largest absolute Gasteiger partial charge is 0.354 e. The van der Waals surface area contributed by atoms with Gasteiger partial charge in [0.1, 0.15) is 0 Å². The summed E-state index contributed by atoms with van der Waals surface area (Å²) in [6.07, 6.45) is 0. The molecule has 1 aromatic heterocycles. The second-order valence-electron chi connectivity index (χ2n) is 8.71. The molecule has 1 heterocycles. The van der Waals surface area contributed by atoms with Gasteiger partial charge in [0.2, 0.25) is 0 Å². The molecule has 0 atom stereocenters. The molecule has 0 saturated heterocycles. The van der Waals surface area contributed by atoms with Crippen LogP contribution in [0.2, 0.25) is 0 Å². The van der Waals surface area contributed by atoms with E-state index in [9.17, 15) is 0 Å². The molecule has 7 rings (SSSR count). The molecule has 0 bridgehead atoms. The number of hydrogen-bond acceptors (Lipinski definition) is 0. The summed E-state index contributed by atoms with van der Waals surface area (Å²) in [6.45, 7) is 0. The van der Waals surface area contributed by atoms with Gasteiger partial charge in [-0.2, -0.15) is 0 Å². The molecular formula is C32H21N. The third-order valence-electron chi connectivity index (χ3n) is 6.76. The quantitative estimate of drug-likeness (QED) is 0.288. The van der Waals surface area contributed by atoms with E-state index in [4.69, 9.17) is 0 Å². The summed E-state index contributed by atoms with van der Waals surface area (Å²) in [7, 11) is 0. The molecule has 0 spiro atoms. The third kappa shape index (κ3) is 2.86. The van der Waals surface area contributed by atoms with Crippen LogP contribution in [0, 0.1) is 0 Å². The highest BCUT2D eigenvalue weighted by molar-refractivity contribution is 6.21. The fraction of sp³-hybridized carbons (Fsp3) is 0.